The Kier molecular flexibility index (Phi) is 6.52. The molecule has 1 saturated heterocycles. The molecule has 0 unspecified atom stereocenters. The van der Waals surface area contributed by atoms with Gasteiger partial charge in [-0.2, -0.15) is 4.31 Å². The van der Waals surface area contributed by atoms with E-state index in [1.165, 1.54) is 16.4 Å². The Morgan fingerprint density at radius 1 is 1.18 bits per heavy atom. The molecule has 1 aliphatic heterocycles. The van der Waals surface area contributed by atoms with Crippen molar-refractivity contribution < 1.29 is 17.6 Å². The van der Waals surface area contributed by atoms with E-state index in [4.69, 9.17) is 0 Å². The van der Waals surface area contributed by atoms with Gasteiger partial charge in [0, 0.05) is 17.6 Å². The zero-order chi connectivity index (χ0) is 20.3. The average Bonchev–Trinajstić information content (AvgIpc) is 2.69. The smallest absolute Gasteiger partial charge is 0.243 e. The summed E-state index contributed by atoms with van der Waals surface area (Å²) in [5.74, 6) is -0.933. The predicted molar refractivity (Wildman–Crippen MR) is 109 cm³/mol. The van der Waals surface area contributed by atoms with Gasteiger partial charge in [0.05, 0.1) is 16.9 Å². The van der Waals surface area contributed by atoms with Gasteiger partial charge < -0.3 is 5.32 Å². The van der Waals surface area contributed by atoms with E-state index in [2.05, 4.69) is 21.2 Å². The number of sulfonamides is 1. The van der Waals surface area contributed by atoms with Crippen LogP contribution in [0.4, 0.5) is 4.39 Å². The van der Waals surface area contributed by atoms with E-state index in [9.17, 15) is 17.6 Å². The van der Waals surface area contributed by atoms with Crippen molar-refractivity contribution in [3.63, 3.8) is 0 Å². The van der Waals surface area contributed by atoms with Gasteiger partial charge >= 0.3 is 0 Å². The maximum Gasteiger partial charge on any atom is 0.243 e. The van der Waals surface area contributed by atoms with Crippen LogP contribution in [0.2, 0.25) is 0 Å². The Bertz CT molecular complexity index is 933. The summed E-state index contributed by atoms with van der Waals surface area (Å²) < 4.78 is 41.0. The molecule has 1 N–H and O–H groups in total. The topological polar surface area (TPSA) is 66.5 Å². The highest BCUT2D eigenvalue weighted by Crippen LogP contribution is 2.25. The van der Waals surface area contributed by atoms with E-state index in [1.54, 1.807) is 36.4 Å². The summed E-state index contributed by atoms with van der Waals surface area (Å²) in [5.41, 5.74) is 0.796. The number of nitrogens with one attached hydrogen (secondary N) is 1. The van der Waals surface area contributed by atoms with Gasteiger partial charge in [0.15, 0.2) is 0 Å². The van der Waals surface area contributed by atoms with Crippen LogP contribution < -0.4 is 5.32 Å². The molecule has 1 fully saturated rings. The van der Waals surface area contributed by atoms with E-state index >= 15 is 0 Å². The van der Waals surface area contributed by atoms with Crippen molar-refractivity contribution in [2.75, 3.05) is 13.1 Å². The third-order valence-electron chi connectivity index (χ3n) is 4.94. The molecule has 0 radical (unpaired) electrons. The van der Waals surface area contributed by atoms with E-state index in [1.807, 2.05) is 6.92 Å². The molecular weight excluding hydrogens is 447 g/mol. The molecule has 0 saturated carbocycles. The second-order valence-corrected chi connectivity index (χ2v) is 9.79. The van der Waals surface area contributed by atoms with E-state index in [-0.39, 0.29) is 29.2 Å². The number of rotatable bonds is 5. The van der Waals surface area contributed by atoms with Gasteiger partial charge in [0.1, 0.15) is 5.82 Å². The Morgan fingerprint density at radius 2 is 1.82 bits per heavy atom. The monoisotopic (exact) mass is 468 g/mol. The fraction of sp³-hybridized carbons (Fsp3) is 0.350. The lowest BCUT2D eigenvalue weighted by molar-refractivity contribution is -0.126. The summed E-state index contributed by atoms with van der Waals surface area (Å²) in [4.78, 5) is 12.9. The highest BCUT2D eigenvalue weighted by atomic mass is 79.9. The molecular formula is C20H22BrFN2O3S. The maximum atomic E-state index is 13.1. The summed E-state index contributed by atoms with van der Waals surface area (Å²) in [6, 6.07) is 12.2. The van der Waals surface area contributed by atoms with Gasteiger partial charge in [-0.3, -0.25) is 4.79 Å². The van der Waals surface area contributed by atoms with Crippen LogP contribution in [0.15, 0.2) is 57.9 Å². The van der Waals surface area contributed by atoms with Crippen molar-refractivity contribution in [3.8, 4) is 0 Å². The van der Waals surface area contributed by atoms with Crippen LogP contribution in [0.5, 0.6) is 0 Å². The second kappa shape index (κ2) is 8.71. The quantitative estimate of drug-likeness (QED) is 0.723. The summed E-state index contributed by atoms with van der Waals surface area (Å²) in [6.07, 6.45) is 1.26. The number of carbonyl (C=O) groups excluding carboxylic acids is 1. The number of hydrogen-bond donors (Lipinski definition) is 1. The zero-order valence-corrected chi connectivity index (χ0v) is 17.8. The molecule has 8 heteroatoms. The summed E-state index contributed by atoms with van der Waals surface area (Å²) in [5, 5.41) is 2.92. The number of benzene rings is 2. The number of nitrogens with zero attached hydrogens (tertiary/aromatic N) is 1. The van der Waals surface area contributed by atoms with E-state index in [0.717, 1.165) is 10.0 Å². The van der Waals surface area contributed by atoms with E-state index < -0.39 is 15.9 Å². The zero-order valence-electron chi connectivity index (χ0n) is 15.4. The van der Waals surface area contributed by atoms with Crippen LogP contribution in [0.3, 0.4) is 0 Å². The van der Waals surface area contributed by atoms with Crippen molar-refractivity contribution in [1.82, 2.24) is 9.62 Å². The number of halogens is 2. The number of hydrogen-bond acceptors (Lipinski definition) is 3. The lowest BCUT2D eigenvalue weighted by Gasteiger charge is -2.32. The van der Waals surface area contributed by atoms with Crippen molar-refractivity contribution in [2.45, 2.75) is 30.7 Å². The molecule has 1 amide bonds. The fourth-order valence-corrected chi connectivity index (χ4v) is 5.08. The van der Waals surface area contributed by atoms with Crippen LogP contribution in [0.1, 0.15) is 31.4 Å². The lowest BCUT2D eigenvalue weighted by atomic mass is 9.98. The van der Waals surface area contributed by atoms with Gasteiger partial charge in [-0.05, 0) is 61.7 Å². The Hall–Kier alpha value is -1.77. The Balaban J connectivity index is 1.67. The summed E-state index contributed by atoms with van der Waals surface area (Å²) in [6.45, 7) is 2.38. The number of amides is 1. The van der Waals surface area contributed by atoms with Crippen LogP contribution in [-0.4, -0.2) is 31.7 Å². The molecule has 2 atom stereocenters. The first kappa shape index (κ1) is 21.0. The lowest BCUT2D eigenvalue weighted by Crippen LogP contribution is -2.45. The van der Waals surface area contributed by atoms with Gasteiger partial charge in [0.25, 0.3) is 0 Å². The van der Waals surface area contributed by atoms with Crippen LogP contribution in [0.25, 0.3) is 0 Å². The molecule has 150 valence electrons. The fourth-order valence-electron chi connectivity index (χ4n) is 3.30. The van der Waals surface area contributed by atoms with Crippen LogP contribution >= 0.6 is 15.9 Å². The summed E-state index contributed by atoms with van der Waals surface area (Å²) in [7, 11) is -3.64. The van der Waals surface area contributed by atoms with Gasteiger partial charge in [-0.25, -0.2) is 12.8 Å². The normalized spacial score (nSPS) is 19.2. The molecule has 0 aromatic heterocycles. The predicted octanol–water partition coefficient (Wildman–Crippen LogP) is 3.87. The van der Waals surface area contributed by atoms with Gasteiger partial charge in [-0.15, -0.1) is 0 Å². The molecule has 0 bridgehead atoms. The minimum absolute atomic E-state index is 0.153. The van der Waals surface area contributed by atoms with E-state index in [0.29, 0.717) is 19.4 Å². The molecule has 28 heavy (non-hydrogen) atoms. The minimum atomic E-state index is -3.64. The van der Waals surface area contributed by atoms with Gasteiger partial charge in [0.2, 0.25) is 15.9 Å². The molecule has 2 aromatic rings. The molecule has 2 aromatic carbocycles. The minimum Gasteiger partial charge on any atom is -0.349 e. The first-order valence-corrected chi connectivity index (χ1v) is 11.3. The Morgan fingerprint density at radius 3 is 2.46 bits per heavy atom. The summed E-state index contributed by atoms with van der Waals surface area (Å²) >= 11 is 3.30. The molecule has 1 aliphatic rings. The van der Waals surface area contributed by atoms with Crippen molar-refractivity contribution in [1.29, 1.82) is 0 Å². The SMILES string of the molecule is C[C@H](NC(=O)[C@@H]1CCCN(S(=O)(=O)c2ccc(Br)cc2)C1)c1ccc(F)cc1. The average molecular weight is 469 g/mol. The molecule has 1 heterocycles. The van der Waals surface area contributed by atoms with Crippen LogP contribution in [-0.2, 0) is 14.8 Å². The van der Waals surface area contributed by atoms with Gasteiger partial charge in [-0.1, -0.05) is 28.1 Å². The standard InChI is InChI=1S/C20H22BrFN2O3S/c1-14(15-4-8-18(22)9-5-15)23-20(25)16-3-2-12-24(13-16)28(26,27)19-10-6-17(21)7-11-19/h4-11,14,16H,2-3,12-13H2,1H3,(H,23,25)/t14-,16+/m0/s1. The first-order valence-electron chi connectivity index (χ1n) is 9.09. The highest BCUT2D eigenvalue weighted by molar-refractivity contribution is 9.10. The molecule has 3 rings (SSSR count). The molecule has 0 aliphatic carbocycles. The Labute approximate surface area is 173 Å². The third kappa shape index (κ3) is 4.79. The van der Waals surface area contributed by atoms with Crippen molar-refractivity contribution in [3.05, 3.63) is 64.4 Å². The van der Waals surface area contributed by atoms with Crippen molar-refractivity contribution >= 4 is 31.9 Å². The third-order valence-corrected chi connectivity index (χ3v) is 7.34. The number of carbonyl (C=O) groups is 1. The largest absolute Gasteiger partial charge is 0.349 e. The number of piperidine rings is 1. The van der Waals surface area contributed by atoms with Crippen LogP contribution in [0, 0.1) is 11.7 Å². The molecule has 0 spiro atoms. The maximum absolute atomic E-state index is 13.1. The second-order valence-electron chi connectivity index (χ2n) is 6.94. The van der Waals surface area contributed by atoms with Crippen molar-refractivity contribution in [2.24, 2.45) is 5.92 Å². The highest BCUT2D eigenvalue weighted by Gasteiger charge is 2.33. The first-order chi connectivity index (χ1) is 13.3. The molecule has 5 nitrogen and oxygen atoms in total.